The summed E-state index contributed by atoms with van der Waals surface area (Å²) in [5.74, 6) is -1.48. The highest BCUT2D eigenvalue weighted by Crippen LogP contribution is 2.38. The van der Waals surface area contributed by atoms with Crippen LogP contribution < -0.4 is 0 Å². The second-order valence-corrected chi connectivity index (χ2v) is 7.32. The largest absolute Gasteiger partial charge is 0.462 e. The fraction of sp³-hybridized carbons (Fsp3) is 0.333. The zero-order chi connectivity index (χ0) is 19.4. The highest BCUT2D eigenvalue weighted by molar-refractivity contribution is 7.14. The SMILES string of the molecule is CCOC(=O)c1c(-c2ccc(C)cc2)csc1N=CC1C(=O)CCCC1=O. The molecular formula is C21H21NO4S. The predicted octanol–water partition coefficient (Wildman–Crippen LogP) is 4.54. The van der Waals surface area contributed by atoms with Crippen LogP contribution in [0.15, 0.2) is 34.6 Å². The summed E-state index contributed by atoms with van der Waals surface area (Å²) < 4.78 is 5.21. The molecule has 1 aromatic carbocycles. The van der Waals surface area contributed by atoms with E-state index in [4.69, 9.17) is 4.74 Å². The Morgan fingerprint density at radius 1 is 1.22 bits per heavy atom. The lowest BCUT2D eigenvalue weighted by Crippen LogP contribution is -2.29. The number of rotatable bonds is 5. The molecule has 27 heavy (non-hydrogen) atoms. The maximum atomic E-state index is 12.5. The van der Waals surface area contributed by atoms with Crippen LogP contribution in [-0.2, 0) is 14.3 Å². The number of carbonyl (C=O) groups is 3. The van der Waals surface area contributed by atoms with Crippen LogP contribution in [0.2, 0.25) is 0 Å². The van der Waals surface area contributed by atoms with Gasteiger partial charge >= 0.3 is 5.97 Å². The van der Waals surface area contributed by atoms with Crippen LogP contribution in [0, 0.1) is 12.8 Å². The molecule has 1 aromatic heterocycles. The molecule has 0 radical (unpaired) electrons. The molecule has 3 rings (SSSR count). The van der Waals surface area contributed by atoms with Gasteiger partial charge in [0, 0.05) is 30.0 Å². The molecule has 0 amide bonds. The Labute approximate surface area is 162 Å². The Balaban J connectivity index is 1.98. The highest BCUT2D eigenvalue weighted by atomic mass is 32.1. The van der Waals surface area contributed by atoms with E-state index in [1.54, 1.807) is 6.92 Å². The summed E-state index contributed by atoms with van der Waals surface area (Å²) in [7, 11) is 0. The van der Waals surface area contributed by atoms with Crippen LogP contribution >= 0.6 is 11.3 Å². The van der Waals surface area contributed by atoms with Gasteiger partial charge in [0.15, 0.2) is 0 Å². The number of hydrogen-bond donors (Lipinski definition) is 0. The molecule has 0 spiro atoms. The molecule has 0 saturated heterocycles. The molecule has 140 valence electrons. The lowest BCUT2D eigenvalue weighted by molar-refractivity contribution is -0.132. The zero-order valence-corrected chi connectivity index (χ0v) is 16.2. The lowest BCUT2D eigenvalue weighted by Gasteiger charge is -2.14. The number of hydrogen-bond acceptors (Lipinski definition) is 6. The van der Waals surface area contributed by atoms with Gasteiger partial charge in [0.1, 0.15) is 28.0 Å². The van der Waals surface area contributed by atoms with Gasteiger partial charge in [-0.05, 0) is 25.8 Å². The van der Waals surface area contributed by atoms with Gasteiger partial charge in [-0.25, -0.2) is 9.79 Å². The van der Waals surface area contributed by atoms with Crippen molar-refractivity contribution < 1.29 is 19.1 Å². The molecule has 2 aromatic rings. The van der Waals surface area contributed by atoms with Crippen molar-refractivity contribution in [2.45, 2.75) is 33.1 Å². The number of esters is 1. The summed E-state index contributed by atoms with van der Waals surface area (Å²) in [6.45, 7) is 4.00. The molecule has 0 aliphatic heterocycles. The molecule has 5 nitrogen and oxygen atoms in total. The second kappa shape index (κ2) is 8.39. The molecule has 1 aliphatic rings. The van der Waals surface area contributed by atoms with Crippen molar-refractivity contribution in [2.75, 3.05) is 6.61 Å². The molecule has 1 fully saturated rings. The van der Waals surface area contributed by atoms with E-state index in [2.05, 4.69) is 4.99 Å². The van der Waals surface area contributed by atoms with Gasteiger partial charge in [-0.1, -0.05) is 29.8 Å². The minimum absolute atomic E-state index is 0.108. The molecule has 1 saturated carbocycles. The topological polar surface area (TPSA) is 72.8 Å². The van der Waals surface area contributed by atoms with Gasteiger partial charge in [-0.15, -0.1) is 11.3 Å². The smallest absolute Gasteiger partial charge is 0.341 e. The van der Waals surface area contributed by atoms with Gasteiger partial charge in [-0.2, -0.15) is 0 Å². The number of ether oxygens (including phenoxy) is 1. The van der Waals surface area contributed by atoms with E-state index < -0.39 is 11.9 Å². The molecule has 0 bridgehead atoms. The van der Waals surface area contributed by atoms with E-state index >= 15 is 0 Å². The first-order chi connectivity index (χ1) is 13.0. The summed E-state index contributed by atoms with van der Waals surface area (Å²) in [5, 5.41) is 2.31. The lowest BCUT2D eigenvalue weighted by atomic mass is 9.88. The summed E-state index contributed by atoms with van der Waals surface area (Å²) in [4.78, 5) is 40.9. The Hall–Kier alpha value is -2.60. The van der Waals surface area contributed by atoms with Crippen LogP contribution in [0.25, 0.3) is 11.1 Å². The predicted molar refractivity (Wildman–Crippen MR) is 106 cm³/mol. The van der Waals surface area contributed by atoms with E-state index in [0.717, 1.165) is 16.7 Å². The Morgan fingerprint density at radius 3 is 2.52 bits per heavy atom. The highest BCUT2D eigenvalue weighted by Gasteiger charge is 2.29. The number of Topliss-reactive ketones (excluding diaryl/α,β-unsaturated/α-hetero) is 2. The Bertz CT molecular complexity index is 879. The number of nitrogens with zero attached hydrogens (tertiary/aromatic N) is 1. The van der Waals surface area contributed by atoms with Crippen LogP contribution in [0.1, 0.15) is 42.1 Å². The van der Waals surface area contributed by atoms with Gasteiger partial charge in [0.2, 0.25) is 0 Å². The van der Waals surface area contributed by atoms with Crippen molar-refractivity contribution in [2.24, 2.45) is 10.9 Å². The minimum Gasteiger partial charge on any atom is -0.462 e. The standard InChI is InChI=1S/C21H21NO4S/c1-3-26-21(25)19-16(14-9-7-13(2)8-10-14)12-27-20(19)22-11-15-17(23)5-4-6-18(15)24/h7-12,15H,3-6H2,1-2H3. The second-order valence-electron chi connectivity index (χ2n) is 6.46. The average molecular weight is 383 g/mol. The molecule has 0 unspecified atom stereocenters. The number of aryl methyl sites for hydroxylation is 1. The maximum absolute atomic E-state index is 12.5. The number of carbonyl (C=O) groups excluding carboxylic acids is 3. The third-order valence-corrected chi connectivity index (χ3v) is 5.38. The van der Waals surface area contributed by atoms with Crippen molar-refractivity contribution in [3.05, 3.63) is 40.8 Å². The molecule has 1 aliphatic carbocycles. The number of benzene rings is 1. The summed E-state index contributed by atoms with van der Waals surface area (Å²) in [6.07, 6.45) is 2.78. The molecule has 0 N–H and O–H groups in total. The Morgan fingerprint density at radius 2 is 1.89 bits per heavy atom. The molecule has 0 atom stereocenters. The van der Waals surface area contributed by atoms with Gasteiger partial charge in [-0.3, -0.25) is 9.59 Å². The van der Waals surface area contributed by atoms with Crippen molar-refractivity contribution in [1.29, 1.82) is 0 Å². The van der Waals surface area contributed by atoms with E-state index in [0.29, 0.717) is 29.8 Å². The summed E-state index contributed by atoms with van der Waals surface area (Å²) in [6, 6.07) is 7.85. The third-order valence-electron chi connectivity index (χ3n) is 4.49. The third kappa shape index (κ3) is 4.22. The molecule has 6 heteroatoms. The summed E-state index contributed by atoms with van der Waals surface area (Å²) in [5.41, 5.74) is 3.13. The first kappa shape index (κ1) is 19.2. The molecular weight excluding hydrogens is 362 g/mol. The van der Waals surface area contributed by atoms with Crippen LogP contribution in [0.4, 0.5) is 5.00 Å². The van der Waals surface area contributed by atoms with Crippen molar-refractivity contribution in [3.63, 3.8) is 0 Å². The average Bonchev–Trinajstić information content (AvgIpc) is 3.06. The molecule has 1 heterocycles. The first-order valence-corrected chi connectivity index (χ1v) is 9.84. The first-order valence-electron chi connectivity index (χ1n) is 8.96. The van der Waals surface area contributed by atoms with Crippen LogP contribution in [0.3, 0.4) is 0 Å². The van der Waals surface area contributed by atoms with Gasteiger partial charge in [0.25, 0.3) is 0 Å². The van der Waals surface area contributed by atoms with Crippen molar-refractivity contribution in [3.8, 4) is 11.1 Å². The normalized spacial score (nSPS) is 15.5. The van der Waals surface area contributed by atoms with Crippen molar-refractivity contribution in [1.82, 2.24) is 0 Å². The quantitative estimate of drug-likeness (QED) is 0.432. The van der Waals surface area contributed by atoms with E-state index in [1.807, 2.05) is 36.6 Å². The van der Waals surface area contributed by atoms with E-state index in [9.17, 15) is 14.4 Å². The number of aliphatic imine (C=N–C) groups is 1. The fourth-order valence-corrected chi connectivity index (χ4v) is 3.94. The van der Waals surface area contributed by atoms with Gasteiger partial charge in [0.05, 0.1) is 6.61 Å². The summed E-state index contributed by atoms with van der Waals surface area (Å²) >= 11 is 1.30. The Kier molecular flexibility index (Phi) is 5.96. The fourth-order valence-electron chi connectivity index (χ4n) is 3.02. The van der Waals surface area contributed by atoms with Gasteiger partial charge < -0.3 is 4.74 Å². The van der Waals surface area contributed by atoms with Crippen LogP contribution in [-0.4, -0.2) is 30.4 Å². The maximum Gasteiger partial charge on any atom is 0.341 e. The van der Waals surface area contributed by atoms with Crippen LogP contribution in [0.5, 0.6) is 0 Å². The monoisotopic (exact) mass is 383 g/mol. The van der Waals surface area contributed by atoms with E-state index in [1.165, 1.54) is 17.6 Å². The zero-order valence-electron chi connectivity index (χ0n) is 15.4. The number of thiophene rings is 1. The minimum atomic E-state index is -0.807. The van der Waals surface area contributed by atoms with Crippen molar-refractivity contribution >= 4 is 40.1 Å². The number of ketones is 2. The van der Waals surface area contributed by atoms with E-state index in [-0.39, 0.29) is 18.2 Å².